The predicted octanol–water partition coefficient (Wildman–Crippen LogP) is 13.6. The Morgan fingerprint density at radius 2 is 0.816 bits per heavy atom. The van der Waals surface area contributed by atoms with Gasteiger partial charge in [0.05, 0.1) is 0 Å². The van der Waals surface area contributed by atoms with Gasteiger partial charge in [0.15, 0.2) is 0 Å². The Hall–Kier alpha value is -6.44. The van der Waals surface area contributed by atoms with Gasteiger partial charge in [0, 0.05) is 10.9 Å². The van der Waals surface area contributed by atoms with Crippen molar-refractivity contribution in [3.63, 3.8) is 0 Å². The highest BCUT2D eigenvalue weighted by Gasteiger charge is 2.30. The van der Waals surface area contributed by atoms with E-state index in [9.17, 15) is 0 Å². The fourth-order valence-corrected chi connectivity index (χ4v) is 8.51. The lowest BCUT2D eigenvalue weighted by atomic mass is 9.82. The Kier molecular flexibility index (Phi) is 5.45. The van der Waals surface area contributed by atoms with Crippen molar-refractivity contribution in [3.8, 4) is 78.3 Å². The van der Waals surface area contributed by atoms with Crippen LogP contribution in [0.4, 0.5) is 0 Å². The van der Waals surface area contributed by atoms with Crippen LogP contribution in [0.2, 0.25) is 0 Å². The highest BCUT2D eigenvalue weighted by atomic mass is 16.5. The minimum atomic E-state index is 0.904. The first-order chi connectivity index (χ1) is 24.3. The van der Waals surface area contributed by atoms with Gasteiger partial charge < -0.3 is 4.74 Å². The average Bonchev–Trinajstić information content (AvgIpc) is 3.49. The lowest BCUT2D eigenvalue weighted by Gasteiger charge is -2.22. The van der Waals surface area contributed by atoms with Crippen LogP contribution in [0.1, 0.15) is 0 Å². The Morgan fingerprint density at radius 1 is 0.286 bits per heavy atom. The van der Waals surface area contributed by atoms with Gasteiger partial charge in [-0.05, 0) is 106 Å². The van der Waals surface area contributed by atoms with E-state index in [0.29, 0.717) is 0 Å². The van der Waals surface area contributed by atoms with Gasteiger partial charge in [-0.1, -0.05) is 152 Å². The molecule has 0 spiro atoms. The summed E-state index contributed by atoms with van der Waals surface area (Å²) in [7, 11) is 0. The molecule has 0 saturated carbocycles. The van der Waals surface area contributed by atoms with Crippen LogP contribution in [0.25, 0.3) is 99.1 Å². The molecule has 0 aromatic heterocycles. The van der Waals surface area contributed by atoms with E-state index in [-0.39, 0.29) is 0 Å². The second-order valence-electron chi connectivity index (χ2n) is 13.2. The molecule has 0 amide bonds. The second-order valence-corrected chi connectivity index (χ2v) is 13.2. The standard InChI is InChI=1S/C48H28O/c1-2-10-32(11-3-1)45-35-16-4-5-17-36(35)46(48-39-20-8-13-30-12-7-19-38(43(30)39)47(45)48)33-24-22-29(23-25-33)34-26-27-41-40(28-34)37-18-6-14-31-15-9-21-42(49-41)44(31)37/h1-28H. The molecule has 0 atom stereocenters. The first kappa shape index (κ1) is 26.6. The van der Waals surface area contributed by atoms with Crippen molar-refractivity contribution in [2.45, 2.75) is 0 Å². The van der Waals surface area contributed by atoms with Gasteiger partial charge in [-0.3, -0.25) is 0 Å². The van der Waals surface area contributed by atoms with Crippen molar-refractivity contribution < 1.29 is 4.74 Å². The number of fused-ring (bicyclic) bond motifs is 6. The summed E-state index contributed by atoms with van der Waals surface area (Å²) in [6.07, 6.45) is 0. The van der Waals surface area contributed by atoms with Gasteiger partial charge in [-0.2, -0.15) is 0 Å². The van der Waals surface area contributed by atoms with Gasteiger partial charge in [0.1, 0.15) is 11.5 Å². The maximum Gasteiger partial charge on any atom is 0.135 e. The molecule has 1 nitrogen and oxygen atoms in total. The molecule has 0 N–H and O–H groups in total. The maximum atomic E-state index is 6.39. The van der Waals surface area contributed by atoms with Gasteiger partial charge in [0.2, 0.25) is 0 Å². The Labute approximate surface area is 284 Å². The zero-order valence-corrected chi connectivity index (χ0v) is 26.6. The Balaban J connectivity index is 1.12. The Bertz CT molecular complexity index is 2810. The molecule has 0 fully saturated rings. The fourth-order valence-electron chi connectivity index (χ4n) is 8.51. The molecule has 11 rings (SSSR count). The van der Waals surface area contributed by atoms with Gasteiger partial charge in [-0.15, -0.1) is 0 Å². The van der Waals surface area contributed by atoms with Crippen LogP contribution in [0, 0.1) is 0 Å². The van der Waals surface area contributed by atoms with E-state index >= 15 is 0 Å². The number of hydrogen-bond donors (Lipinski definition) is 0. The number of hydrogen-bond acceptors (Lipinski definition) is 1. The monoisotopic (exact) mass is 620 g/mol. The zero-order valence-electron chi connectivity index (χ0n) is 26.6. The molecular weight excluding hydrogens is 593 g/mol. The molecule has 9 aromatic carbocycles. The van der Waals surface area contributed by atoms with Crippen molar-refractivity contribution in [1.29, 1.82) is 0 Å². The quantitative estimate of drug-likeness (QED) is 0.191. The second kappa shape index (κ2) is 10.0. The number of ether oxygens (including phenoxy) is 1. The van der Waals surface area contributed by atoms with Crippen molar-refractivity contribution >= 4 is 32.3 Å². The summed E-state index contributed by atoms with van der Waals surface area (Å²) in [4.78, 5) is 0. The number of rotatable bonds is 3. The first-order valence-electron chi connectivity index (χ1n) is 16.9. The molecule has 1 aliphatic heterocycles. The molecule has 226 valence electrons. The summed E-state index contributed by atoms with van der Waals surface area (Å²) < 4.78 is 6.39. The first-order valence-corrected chi connectivity index (χ1v) is 16.9. The number of benzene rings is 9. The maximum absolute atomic E-state index is 6.39. The smallest absolute Gasteiger partial charge is 0.135 e. The van der Waals surface area contributed by atoms with Crippen LogP contribution >= 0.6 is 0 Å². The van der Waals surface area contributed by atoms with E-state index in [1.165, 1.54) is 93.5 Å². The van der Waals surface area contributed by atoms with E-state index in [1.54, 1.807) is 0 Å². The SMILES string of the molecule is c1ccc(-c2c3c(c(-c4ccc(-c5ccc6c(c5)-c5cccc7cccc(c57)O6)cc4)c4ccccc24)-c2cccc4cccc-3c24)cc1. The van der Waals surface area contributed by atoms with Crippen LogP contribution in [-0.2, 0) is 0 Å². The van der Waals surface area contributed by atoms with Crippen molar-refractivity contribution in [3.05, 3.63) is 170 Å². The molecule has 2 aliphatic rings. The molecule has 0 radical (unpaired) electrons. The van der Waals surface area contributed by atoms with Crippen LogP contribution in [0.5, 0.6) is 11.5 Å². The summed E-state index contributed by atoms with van der Waals surface area (Å²) in [6, 6.07) is 62.0. The molecule has 1 heterocycles. The highest BCUT2D eigenvalue weighted by molar-refractivity contribution is 6.27. The summed E-state index contributed by atoms with van der Waals surface area (Å²) in [5, 5.41) is 7.56. The molecule has 1 aliphatic carbocycles. The summed E-state index contributed by atoms with van der Waals surface area (Å²) >= 11 is 0. The Morgan fingerprint density at radius 3 is 1.49 bits per heavy atom. The van der Waals surface area contributed by atoms with Crippen LogP contribution in [0.15, 0.2) is 170 Å². The molecule has 0 bridgehead atoms. The predicted molar refractivity (Wildman–Crippen MR) is 205 cm³/mol. The molecule has 49 heavy (non-hydrogen) atoms. The summed E-state index contributed by atoms with van der Waals surface area (Å²) in [6.45, 7) is 0. The summed E-state index contributed by atoms with van der Waals surface area (Å²) in [5.74, 6) is 1.83. The van der Waals surface area contributed by atoms with E-state index in [4.69, 9.17) is 4.74 Å². The lowest BCUT2D eigenvalue weighted by molar-refractivity contribution is 0.487. The third kappa shape index (κ3) is 3.76. The van der Waals surface area contributed by atoms with Crippen molar-refractivity contribution in [2.24, 2.45) is 0 Å². The summed E-state index contributed by atoms with van der Waals surface area (Å²) in [5.41, 5.74) is 15.1. The van der Waals surface area contributed by atoms with Gasteiger partial charge in [0.25, 0.3) is 0 Å². The molecular formula is C48H28O. The van der Waals surface area contributed by atoms with Crippen LogP contribution in [-0.4, -0.2) is 0 Å². The normalized spacial score (nSPS) is 12.2. The molecule has 0 unspecified atom stereocenters. The highest BCUT2D eigenvalue weighted by Crippen LogP contribution is 2.57. The third-order valence-corrected chi connectivity index (χ3v) is 10.6. The van der Waals surface area contributed by atoms with E-state index in [2.05, 4.69) is 170 Å². The minimum absolute atomic E-state index is 0.904. The van der Waals surface area contributed by atoms with E-state index < -0.39 is 0 Å². The fraction of sp³-hybridized carbons (Fsp3) is 0. The van der Waals surface area contributed by atoms with E-state index in [0.717, 1.165) is 17.1 Å². The van der Waals surface area contributed by atoms with Crippen LogP contribution in [0.3, 0.4) is 0 Å². The van der Waals surface area contributed by atoms with E-state index in [1.807, 2.05) is 0 Å². The van der Waals surface area contributed by atoms with Gasteiger partial charge in [-0.25, -0.2) is 0 Å². The molecule has 1 heteroatoms. The topological polar surface area (TPSA) is 9.23 Å². The van der Waals surface area contributed by atoms with Crippen LogP contribution < -0.4 is 4.74 Å². The third-order valence-electron chi connectivity index (χ3n) is 10.6. The van der Waals surface area contributed by atoms with Crippen molar-refractivity contribution in [2.75, 3.05) is 0 Å². The average molecular weight is 621 g/mol. The largest absolute Gasteiger partial charge is 0.456 e. The molecule has 9 aromatic rings. The lowest BCUT2D eigenvalue weighted by Crippen LogP contribution is -1.97. The van der Waals surface area contributed by atoms with Crippen molar-refractivity contribution in [1.82, 2.24) is 0 Å². The van der Waals surface area contributed by atoms with Gasteiger partial charge >= 0.3 is 0 Å². The minimum Gasteiger partial charge on any atom is -0.456 e. The molecule has 0 saturated heterocycles. The zero-order chi connectivity index (χ0) is 32.1.